The fraction of sp³-hybridized carbons (Fsp3) is 1.00. The molecule has 0 saturated carbocycles. The van der Waals surface area contributed by atoms with E-state index in [-0.39, 0.29) is 0 Å². The van der Waals surface area contributed by atoms with Gasteiger partial charge in [0.15, 0.2) is 0 Å². The van der Waals surface area contributed by atoms with Crippen molar-refractivity contribution in [1.29, 1.82) is 0 Å². The van der Waals surface area contributed by atoms with E-state index in [0.29, 0.717) is 0 Å². The van der Waals surface area contributed by atoms with Crippen LogP contribution < -0.4 is 11.3 Å². The molecule has 1 saturated heterocycles. The molecule has 0 aromatic heterocycles. The van der Waals surface area contributed by atoms with Gasteiger partial charge in [0.2, 0.25) is 0 Å². The fourth-order valence-electron chi connectivity index (χ4n) is 0.569. The van der Waals surface area contributed by atoms with Gasteiger partial charge in [-0.1, -0.05) is 0 Å². The third-order valence-electron chi connectivity index (χ3n) is 1.13. The molecule has 0 aromatic rings. The third-order valence-corrected chi connectivity index (χ3v) is 6.89. The molecular weight excluding hydrogens is 203 g/mol. The molecule has 44 valence electrons. The van der Waals surface area contributed by atoms with Crippen LogP contribution in [0.1, 0.15) is 6.92 Å². The van der Waals surface area contributed by atoms with Crippen molar-refractivity contribution in [3.8, 4) is 0 Å². The molecule has 2 nitrogen and oxygen atoms in total. The number of hydrogen-bond donors (Lipinski definition) is 2. The number of rotatable bonds is 2. The van der Waals surface area contributed by atoms with Crippen molar-refractivity contribution in [2.75, 3.05) is 8.86 Å². The Morgan fingerprint density at radius 2 is 2.71 bits per heavy atom. The van der Waals surface area contributed by atoms with E-state index < -0.39 is 19.8 Å². The van der Waals surface area contributed by atoms with E-state index >= 15 is 0 Å². The zero-order chi connectivity index (χ0) is 5.28. The molecule has 3 heteroatoms. The van der Waals surface area contributed by atoms with E-state index in [1.165, 1.54) is 8.86 Å². The molecule has 0 radical (unpaired) electrons. The van der Waals surface area contributed by atoms with Gasteiger partial charge in [0.1, 0.15) is 0 Å². The van der Waals surface area contributed by atoms with E-state index in [1.54, 1.807) is 0 Å². The number of nitrogens with two attached hydrogens (primary N) is 1. The Bertz CT molecular complexity index is 58.7. The molecule has 1 fully saturated rings. The van der Waals surface area contributed by atoms with Gasteiger partial charge in [-0.15, -0.1) is 0 Å². The van der Waals surface area contributed by atoms with Crippen LogP contribution in [0.15, 0.2) is 0 Å². The molecule has 7 heavy (non-hydrogen) atoms. The summed E-state index contributed by atoms with van der Waals surface area (Å²) in [6.07, 6.45) is 0. The number of hydrogen-bond acceptors (Lipinski definition) is 2. The van der Waals surface area contributed by atoms with Gasteiger partial charge in [-0.2, -0.15) is 0 Å². The van der Waals surface area contributed by atoms with Crippen LogP contribution in [0.2, 0.25) is 0 Å². The summed E-state index contributed by atoms with van der Waals surface area (Å²) >= 11 is -0.395. The molecule has 1 heterocycles. The van der Waals surface area contributed by atoms with Gasteiger partial charge in [-0.05, 0) is 0 Å². The Hall–Kier alpha value is 0.650. The number of nitrogens with one attached hydrogen (secondary N) is 1. The summed E-state index contributed by atoms with van der Waals surface area (Å²) < 4.78 is 3.67. The second kappa shape index (κ2) is 2.28. The Kier molecular flexibility index (Phi) is 1.88. The van der Waals surface area contributed by atoms with Crippen molar-refractivity contribution in [2.24, 2.45) is 5.84 Å². The van der Waals surface area contributed by atoms with Crippen LogP contribution in [0.3, 0.4) is 0 Å². The molecule has 0 spiro atoms. The number of halogens is 1. The van der Waals surface area contributed by atoms with E-state index in [4.69, 9.17) is 5.84 Å². The first kappa shape index (κ1) is 5.78. The Balaban J connectivity index is 2.06. The molecular formula is C4H11IN2. The molecule has 0 aromatic carbocycles. The van der Waals surface area contributed by atoms with Gasteiger partial charge in [0.25, 0.3) is 0 Å². The Morgan fingerprint density at radius 3 is 2.86 bits per heavy atom. The van der Waals surface area contributed by atoms with Gasteiger partial charge < -0.3 is 0 Å². The van der Waals surface area contributed by atoms with Crippen LogP contribution in [0, 0.1) is 0 Å². The molecule has 1 unspecified atom stereocenters. The summed E-state index contributed by atoms with van der Waals surface area (Å²) in [6.45, 7) is 2.27. The van der Waals surface area contributed by atoms with Crippen molar-refractivity contribution in [1.82, 2.24) is 5.43 Å². The Morgan fingerprint density at radius 1 is 2.00 bits per heavy atom. The molecule has 1 aliphatic heterocycles. The SMILES string of the molecule is CCI1CC1NN. The van der Waals surface area contributed by atoms with Crippen molar-refractivity contribution < 1.29 is 0 Å². The second-order valence-corrected chi connectivity index (χ2v) is 8.30. The second-order valence-electron chi connectivity index (χ2n) is 1.55. The average molecular weight is 214 g/mol. The molecule has 0 bridgehead atoms. The zero-order valence-electron chi connectivity index (χ0n) is 4.45. The van der Waals surface area contributed by atoms with Crippen LogP contribution in [-0.4, -0.2) is 12.9 Å². The minimum absolute atomic E-state index is 0.395. The van der Waals surface area contributed by atoms with Crippen molar-refractivity contribution >= 4 is 19.8 Å². The fourth-order valence-corrected chi connectivity index (χ4v) is 5.40. The van der Waals surface area contributed by atoms with Crippen molar-refractivity contribution in [3.63, 3.8) is 0 Å². The van der Waals surface area contributed by atoms with Crippen LogP contribution >= 0.6 is 19.8 Å². The van der Waals surface area contributed by atoms with E-state index in [2.05, 4.69) is 12.3 Å². The summed E-state index contributed by atoms with van der Waals surface area (Å²) in [5, 5.41) is 0. The van der Waals surface area contributed by atoms with Gasteiger partial charge in [-0.25, -0.2) is 0 Å². The average Bonchev–Trinajstić information content (AvgIpc) is 2.43. The number of alkyl halides is 3. The van der Waals surface area contributed by atoms with Gasteiger partial charge in [0, 0.05) is 0 Å². The first-order valence-electron chi connectivity index (χ1n) is 2.45. The summed E-state index contributed by atoms with van der Waals surface area (Å²) in [5.41, 5.74) is 2.81. The maximum absolute atomic E-state index is 5.19. The maximum atomic E-state index is 5.19. The molecule has 1 aliphatic rings. The van der Waals surface area contributed by atoms with Crippen LogP contribution in [0.5, 0.6) is 0 Å². The van der Waals surface area contributed by atoms with E-state index in [1.807, 2.05) is 0 Å². The number of hydrazine groups is 1. The predicted molar refractivity (Wildman–Crippen MR) is 40.5 cm³/mol. The standard InChI is InChI=1S/C4H11IN2/c1-2-5-3-4(5)7-6/h4,7H,2-3,6H2,1H3. The normalized spacial score (nSPS) is 33.4. The monoisotopic (exact) mass is 214 g/mol. The van der Waals surface area contributed by atoms with E-state index in [0.717, 1.165) is 4.05 Å². The summed E-state index contributed by atoms with van der Waals surface area (Å²) in [4.78, 5) is 0. The Labute approximate surface area is 51.2 Å². The van der Waals surface area contributed by atoms with E-state index in [9.17, 15) is 0 Å². The minimum atomic E-state index is -0.395. The van der Waals surface area contributed by atoms with Gasteiger partial charge in [0.05, 0.1) is 0 Å². The van der Waals surface area contributed by atoms with Crippen LogP contribution in [-0.2, 0) is 0 Å². The summed E-state index contributed by atoms with van der Waals surface area (Å²) in [5.74, 6) is 5.19. The molecule has 0 amide bonds. The topological polar surface area (TPSA) is 38.0 Å². The van der Waals surface area contributed by atoms with Crippen LogP contribution in [0.4, 0.5) is 0 Å². The zero-order valence-corrected chi connectivity index (χ0v) is 6.60. The first-order chi connectivity index (χ1) is 3.38. The van der Waals surface area contributed by atoms with Crippen LogP contribution in [0.25, 0.3) is 0 Å². The third kappa shape index (κ3) is 1.27. The summed E-state index contributed by atoms with van der Waals surface area (Å²) in [6, 6.07) is 0. The first-order valence-corrected chi connectivity index (χ1v) is 6.74. The molecule has 3 N–H and O–H groups in total. The summed E-state index contributed by atoms with van der Waals surface area (Å²) in [7, 11) is 0. The molecule has 1 rings (SSSR count). The molecule has 1 atom stereocenters. The van der Waals surface area contributed by atoms with Crippen molar-refractivity contribution in [2.45, 2.75) is 11.0 Å². The van der Waals surface area contributed by atoms with Gasteiger partial charge >= 0.3 is 50.9 Å². The van der Waals surface area contributed by atoms with Gasteiger partial charge in [-0.3, -0.25) is 0 Å². The molecule has 0 aliphatic carbocycles. The van der Waals surface area contributed by atoms with Crippen molar-refractivity contribution in [3.05, 3.63) is 0 Å². The quantitative estimate of drug-likeness (QED) is 0.228. The predicted octanol–water partition coefficient (Wildman–Crippen LogP) is 0.316.